The largest absolute Gasteiger partial charge is 0.425 e. The van der Waals surface area contributed by atoms with Gasteiger partial charge >= 0.3 is 5.97 Å². The van der Waals surface area contributed by atoms with E-state index in [1.807, 2.05) is 48.7 Å². The van der Waals surface area contributed by atoms with Crippen LogP contribution in [0.2, 0.25) is 0 Å². The summed E-state index contributed by atoms with van der Waals surface area (Å²) < 4.78 is 5.79. The van der Waals surface area contributed by atoms with E-state index in [1.54, 1.807) is 48.2 Å². The SMILES string of the molecule is CSCCC(C(=O)Oc1ccccc1Cc1ccccc1)N1C(=O)c2ccccc2C1=O. The fourth-order valence-electron chi connectivity index (χ4n) is 3.81. The smallest absolute Gasteiger partial charge is 0.334 e. The lowest BCUT2D eigenvalue weighted by atomic mass is 10.0. The van der Waals surface area contributed by atoms with E-state index in [-0.39, 0.29) is 0 Å². The number of hydrogen-bond acceptors (Lipinski definition) is 5. The normalized spacial score (nSPS) is 13.7. The molecule has 0 saturated heterocycles. The predicted molar refractivity (Wildman–Crippen MR) is 125 cm³/mol. The van der Waals surface area contributed by atoms with Crippen LogP contribution < -0.4 is 4.74 Å². The summed E-state index contributed by atoms with van der Waals surface area (Å²) in [6.45, 7) is 0. The van der Waals surface area contributed by atoms with Gasteiger partial charge in [-0.25, -0.2) is 4.79 Å². The van der Waals surface area contributed by atoms with E-state index >= 15 is 0 Å². The first-order valence-electron chi connectivity index (χ1n) is 10.4. The van der Waals surface area contributed by atoms with Crippen LogP contribution in [0.4, 0.5) is 0 Å². The molecule has 1 unspecified atom stereocenters. The standard InChI is InChI=1S/C26H23NO4S/c1-32-16-15-22(27-24(28)20-12-6-7-13-21(20)25(27)29)26(30)31-23-14-8-5-11-19(23)17-18-9-3-2-4-10-18/h2-14,22H,15-17H2,1H3. The average Bonchev–Trinajstić information content (AvgIpc) is 3.07. The lowest BCUT2D eigenvalue weighted by molar-refractivity contribution is -0.138. The first-order valence-corrected chi connectivity index (χ1v) is 11.8. The fourth-order valence-corrected chi connectivity index (χ4v) is 4.27. The van der Waals surface area contributed by atoms with Crippen LogP contribution in [0, 0.1) is 0 Å². The van der Waals surface area contributed by atoms with Gasteiger partial charge in [0, 0.05) is 6.42 Å². The highest BCUT2D eigenvalue weighted by Gasteiger charge is 2.43. The maximum atomic E-state index is 13.3. The molecule has 0 N–H and O–H groups in total. The highest BCUT2D eigenvalue weighted by molar-refractivity contribution is 7.98. The van der Waals surface area contributed by atoms with Crippen molar-refractivity contribution in [2.75, 3.05) is 12.0 Å². The molecule has 3 aromatic carbocycles. The van der Waals surface area contributed by atoms with Crippen LogP contribution in [0.1, 0.15) is 38.3 Å². The third-order valence-electron chi connectivity index (χ3n) is 5.43. The van der Waals surface area contributed by atoms with Crippen molar-refractivity contribution in [3.8, 4) is 5.75 Å². The Balaban J connectivity index is 1.59. The monoisotopic (exact) mass is 445 g/mol. The Bertz CT molecular complexity index is 1110. The number of nitrogens with zero attached hydrogens (tertiary/aromatic N) is 1. The molecule has 0 bridgehead atoms. The number of hydrogen-bond donors (Lipinski definition) is 0. The van der Waals surface area contributed by atoms with Gasteiger partial charge in [0.2, 0.25) is 0 Å². The predicted octanol–water partition coefficient (Wildman–Crippen LogP) is 4.60. The maximum Gasteiger partial charge on any atom is 0.334 e. The van der Waals surface area contributed by atoms with E-state index in [2.05, 4.69) is 0 Å². The van der Waals surface area contributed by atoms with Crippen LogP contribution in [0.3, 0.4) is 0 Å². The summed E-state index contributed by atoms with van der Waals surface area (Å²) >= 11 is 1.55. The van der Waals surface area contributed by atoms with Gasteiger partial charge in [-0.05, 0) is 47.8 Å². The molecule has 4 rings (SSSR count). The molecule has 162 valence electrons. The van der Waals surface area contributed by atoms with E-state index in [1.165, 1.54) is 0 Å². The van der Waals surface area contributed by atoms with Gasteiger partial charge in [0.25, 0.3) is 11.8 Å². The Morgan fingerprint density at radius 1 is 0.875 bits per heavy atom. The average molecular weight is 446 g/mol. The van der Waals surface area contributed by atoms with Crippen LogP contribution in [-0.2, 0) is 11.2 Å². The van der Waals surface area contributed by atoms with Crippen LogP contribution in [0.25, 0.3) is 0 Å². The molecule has 0 spiro atoms. The zero-order valence-electron chi connectivity index (χ0n) is 17.7. The van der Waals surface area contributed by atoms with E-state index in [9.17, 15) is 14.4 Å². The van der Waals surface area contributed by atoms with Gasteiger partial charge in [0.1, 0.15) is 11.8 Å². The Kier molecular flexibility index (Phi) is 6.71. The van der Waals surface area contributed by atoms with Crippen LogP contribution in [0.15, 0.2) is 78.9 Å². The topological polar surface area (TPSA) is 63.7 Å². The third-order valence-corrected chi connectivity index (χ3v) is 6.07. The first-order chi connectivity index (χ1) is 15.6. The highest BCUT2D eigenvalue weighted by atomic mass is 32.2. The summed E-state index contributed by atoms with van der Waals surface area (Å²) in [7, 11) is 0. The Morgan fingerprint density at radius 3 is 2.12 bits per heavy atom. The minimum Gasteiger partial charge on any atom is -0.425 e. The minimum atomic E-state index is -0.986. The van der Waals surface area contributed by atoms with E-state index in [0.29, 0.717) is 35.5 Å². The quantitative estimate of drug-likeness (QED) is 0.288. The number of fused-ring (bicyclic) bond motifs is 1. The van der Waals surface area contributed by atoms with E-state index in [0.717, 1.165) is 16.0 Å². The molecule has 5 nitrogen and oxygen atoms in total. The second-order valence-corrected chi connectivity index (χ2v) is 8.50. The molecule has 1 aliphatic rings. The van der Waals surface area contributed by atoms with Crippen LogP contribution in [-0.4, -0.2) is 40.7 Å². The Morgan fingerprint density at radius 2 is 1.47 bits per heavy atom. The molecule has 6 heteroatoms. The third kappa shape index (κ3) is 4.46. The van der Waals surface area contributed by atoms with Gasteiger partial charge in [-0.1, -0.05) is 60.7 Å². The minimum absolute atomic E-state index is 0.323. The number of amides is 2. The maximum absolute atomic E-state index is 13.3. The van der Waals surface area contributed by atoms with E-state index in [4.69, 9.17) is 4.74 Å². The number of rotatable bonds is 8. The molecule has 0 radical (unpaired) electrons. The molecule has 0 fully saturated rings. The van der Waals surface area contributed by atoms with Crippen molar-refractivity contribution in [2.45, 2.75) is 18.9 Å². The first kappa shape index (κ1) is 21.8. The van der Waals surface area contributed by atoms with Crippen molar-refractivity contribution in [1.29, 1.82) is 0 Å². The van der Waals surface area contributed by atoms with Crippen molar-refractivity contribution in [2.24, 2.45) is 0 Å². The van der Waals surface area contributed by atoms with Crippen molar-refractivity contribution >= 4 is 29.5 Å². The second kappa shape index (κ2) is 9.83. The molecule has 3 aromatic rings. The van der Waals surface area contributed by atoms with Crippen molar-refractivity contribution in [1.82, 2.24) is 4.90 Å². The summed E-state index contributed by atoms with van der Waals surface area (Å²) in [6, 6.07) is 22.9. The molecule has 0 aromatic heterocycles. The number of carbonyl (C=O) groups excluding carboxylic acids is 3. The summed E-state index contributed by atoms with van der Waals surface area (Å²) in [5, 5.41) is 0. The number of para-hydroxylation sites is 1. The molecule has 0 saturated carbocycles. The van der Waals surface area contributed by atoms with Gasteiger partial charge in [-0.15, -0.1) is 0 Å². The van der Waals surface area contributed by atoms with Gasteiger partial charge in [-0.2, -0.15) is 11.8 Å². The van der Waals surface area contributed by atoms with Crippen molar-refractivity contribution < 1.29 is 19.1 Å². The summed E-state index contributed by atoms with van der Waals surface area (Å²) in [5.41, 5.74) is 2.60. The number of benzene rings is 3. The number of thioether (sulfide) groups is 1. The molecule has 2 amide bonds. The van der Waals surface area contributed by atoms with Gasteiger partial charge < -0.3 is 4.74 Å². The Labute approximate surface area is 191 Å². The van der Waals surface area contributed by atoms with Gasteiger partial charge in [-0.3, -0.25) is 14.5 Å². The summed E-state index contributed by atoms with van der Waals surface area (Å²) in [6.07, 6.45) is 2.85. The number of carbonyl (C=O) groups is 3. The van der Waals surface area contributed by atoms with E-state index < -0.39 is 23.8 Å². The van der Waals surface area contributed by atoms with Gasteiger partial charge in [0.15, 0.2) is 0 Å². The van der Waals surface area contributed by atoms with Crippen molar-refractivity contribution in [3.05, 3.63) is 101 Å². The zero-order valence-corrected chi connectivity index (χ0v) is 18.5. The Hall–Kier alpha value is -3.38. The molecular formula is C26H23NO4S. The summed E-state index contributed by atoms with van der Waals surface area (Å²) in [4.78, 5) is 40.3. The summed E-state index contributed by atoms with van der Waals surface area (Å²) in [5.74, 6) is -0.461. The molecule has 32 heavy (non-hydrogen) atoms. The van der Waals surface area contributed by atoms with Crippen LogP contribution in [0.5, 0.6) is 5.75 Å². The molecular weight excluding hydrogens is 422 g/mol. The second-order valence-electron chi connectivity index (χ2n) is 7.51. The van der Waals surface area contributed by atoms with Gasteiger partial charge in [0.05, 0.1) is 11.1 Å². The number of esters is 1. The fraction of sp³-hybridized carbons (Fsp3) is 0.192. The number of imide groups is 1. The lowest BCUT2D eigenvalue weighted by Crippen LogP contribution is -2.47. The van der Waals surface area contributed by atoms with Crippen molar-refractivity contribution in [3.63, 3.8) is 0 Å². The zero-order chi connectivity index (χ0) is 22.5. The van der Waals surface area contributed by atoms with Crippen LogP contribution >= 0.6 is 11.8 Å². The highest BCUT2D eigenvalue weighted by Crippen LogP contribution is 2.28. The molecule has 1 aliphatic heterocycles. The number of ether oxygens (including phenoxy) is 1. The lowest BCUT2D eigenvalue weighted by Gasteiger charge is -2.24. The molecule has 1 atom stereocenters. The molecule has 1 heterocycles. The molecule has 0 aliphatic carbocycles.